The molecule has 0 unspecified atom stereocenters. The number of carbonyl (C=O) groups is 1. The van der Waals surface area contributed by atoms with E-state index in [2.05, 4.69) is 6.92 Å². The monoisotopic (exact) mass is 268 g/mol. The number of esters is 1. The number of rotatable bonds is 7. The molecule has 1 aromatic heterocycles. The average molecular weight is 268 g/mol. The second-order valence-electron chi connectivity index (χ2n) is 4.48. The van der Waals surface area contributed by atoms with Crippen LogP contribution in [0.4, 0.5) is 5.69 Å². The van der Waals surface area contributed by atoms with Crippen LogP contribution in [0.3, 0.4) is 0 Å². The zero-order chi connectivity index (χ0) is 13.0. The Morgan fingerprint density at radius 1 is 1.61 bits per heavy atom. The minimum absolute atomic E-state index is 0.250. The highest BCUT2D eigenvalue weighted by molar-refractivity contribution is 7.99. The molecule has 1 heterocycles. The van der Waals surface area contributed by atoms with Crippen molar-refractivity contribution in [3.63, 3.8) is 0 Å². The van der Waals surface area contributed by atoms with Gasteiger partial charge in [-0.2, -0.15) is 11.8 Å². The Hall–Kier alpha value is -1.10. The van der Waals surface area contributed by atoms with E-state index in [9.17, 15) is 4.79 Å². The molecule has 4 nitrogen and oxygen atoms in total. The number of ether oxygens (including phenoxy) is 1. The molecule has 2 rings (SSSR count). The molecule has 100 valence electrons. The molecule has 0 amide bonds. The highest BCUT2D eigenvalue weighted by Crippen LogP contribution is 2.37. The fraction of sp³-hybridized carbons (Fsp3) is 0.615. The van der Waals surface area contributed by atoms with Crippen LogP contribution >= 0.6 is 11.8 Å². The molecule has 1 aromatic rings. The van der Waals surface area contributed by atoms with Gasteiger partial charge in [0, 0.05) is 12.2 Å². The summed E-state index contributed by atoms with van der Waals surface area (Å²) in [6, 6.07) is 2.15. The predicted molar refractivity (Wildman–Crippen MR) is 75.0 cm³/mol. The second kappa shape index (κ2) is 6.18. The van der Waals surface area contributed by atoms with Crippen molar-refractivity contribution in [3.8, 4) is 0 Å². The van der Waals surface area contributed by atoms with Gasteiger partial charge in [-0.05, 0) is 36.8 Å². The Morgan fingerprint density at radius 3 is 3.06 bits per heavy atom. The summed E-state index contributed by atoms with van der Waals surface area (Å²) in [6.45, 7) is 2.61. The van der Waals surface area contributed by atoms with Crippen LogP contribution in [0, 0.1) is 0 Å². The number of hydrogen-bond donors (Lipinski definition) is 1. The van der Waals surface area contributed by atoms with E-state index in [-0.39, 0.29) is 5.97 Å². The Bertz CT molecular complexity index is 413. The van der Waals surface area contributed by atoms with Gasteiger partial charge in [0.2, 0.25) is 0 Å². The van der Waals surface area contributed by atoms with Gasteiger partial charge in [0.1, 0.15) is 5.69 Å². The molecule has 1 aliphatic carbocycles. The zero-order valence-corrected chi connectivity index (χ0v) is 11.5. The van der Waals surface area contributed by atoms with E-state index in [1.807, 2.05) is 22.5 Å². The lowest BCUT2D eigenvalue weighted by Gasteiger charge is -2.07. The van der Waals surface area contributed by atoms with E-state index >= 15 is 0 Å². The molecule has 1 aliphatic rings. The molecule has 18 heavy (non-hydrogen) atoms. The van der Waals surface area contributed by atoms with Gasteiger partial charge in [0.05, 0.1) is 12.3 Å². The first-order valence-electron chi connectivity index (χ1n) is 6.44. The van der Waals surface area contributed by atoms with Crippen molar-refractivity contribution in [1.82, 2.24) is 4.57 Å². The molecule has 0 radical (unpaired) electrons. The number of nitrogens with zero attached hydrogens (tertiary/aromatic N) is 1. The van der Waals surface area contributed by atoms with Gasteiger partial charge in [-0.1, -0.05) is 6.92 Å². The lowest BCUT2D eigenvalue weighted by Crippen LogP contribution is -2.12. The summed E-state index contributed by atoms with van der Waals surface area (Å²) in [5.41, 5.74) is 6.98. The largest absolute Gasteiger partial charge is 0.461 e. The first-order valence-corrected chi connectivity index (χ1v) is 7.60. The molecule has 0 bridgehead atoms. The SMILES string of the molecule is CCSCCCOC(=O)c1cc(N)cn1C1CC1. The highest BCUT2D eigenvalue weighted by Gasteiger charge is 2.28. The first kappa shape index (κ1) is 13.3. The van der Waals surface area contributed by atoms with E-state index in [1.165, 1.54) is 0 Å². The maximum absolute atomic E-state index is 11.9. The number of nitrogens with two attached hydrogens (primary N) is 1. The van der Waals surface area contributed by atoms with Crippen molar-refractivity contribution in [2.45, 2.75) is 32.2 Å². The summed E-state index contributed by atoms with van der Waals surface area (Å²) in [4.78, 5) is 11.9. The molecule has 0 aliphatic heterocycles. The van der Waals surface area contributed by atoms with Crippen LogP contribution in [0.5, 0.6) is 0 Å². The van der Waals surface area contributed by atoms with Crippen LogP contribution in [0.15, 0.2) is 12.3 Å². The van der Waals surface area contributed by atoms with Crippen molar-refractivity contribution >= 4 is 23.4 Å². The Kier molecular flexibility index (Phi) is 4.58. The molecule has 0 aromatic carbocycles. The van der Waals surface area contributed by atoms with Crippen molar-refractivity contribution in [1.29, 1.82) is 0 Å². The number of nitrogen functional groups attached to an aromatic ring is 1. The molecule has 0 spiro atoms. The molecule has 1 saturated carbocycles. The minimum atomic E-state index is -0.250. The van der Waals surface area contributed by atoms with Gasteiger partial charge >= 0.3 is 5.97 Å². The van der Waals surface area contributed by atoms with Crippen molar-refractivity contribution in [3.05, 3.63) is 18.0 Å². The van der Waals surface area contributed by atoms with Gasteiger partial charge in [-0.25, -0.2) is 4.79 Å². The summed E-state index contributed by atoms with van der Waals surface area (Å²) >= 11 is 1.86. The first-order chi connectivity index (χ1) is 8.72. The quantitative estimate of drug-likeness (QED) is 0.610. The minimum Gasteiger partial charge on any atom is -0.461 e. The van der Waals surface area contributed by atoms with Gasteiger partial charge in [-0.15, -0.1) is 0 Å². The number of anilines is 1. The average Bonchev–Trinajstić information content (AvgIpc) is 3.12. The maximum Gasteiger partial charge on any atom is 0.355 e. The Labute approximate surface area is 112 Å². The van der Waals surface area contributed by atoms with Crippen LogP contribution in [0.2, 0.25) is 0 Å². The number of carbonyl (C=O) groups excluding carboxylic acids is 1. The second-order valence-corrected chi connectivity index (χ2v) is 5.88. The Morgan fingerprint density at radius 2 is 2.39 bits per heavy atom. The van der Waals surface area contributed by atoms with Crippen LogP contribution in [-0.4, -0.2) is 28.6 Å². The van der Waals surface area contributed by atoms with E-state index in [0.717, 1.165) is 30.8 Å². The number of aromatic nitrogens is 1. The van der Waals surface area contributed by atoms with Crippen LogP contribution in [-0.2, 0) is 4.74 Å². The third-order valence-electron chi connectivity index (χ3n) is 2.89. The van der Waals surface area contributed by atoms with Gasteiger partial charge in [0.25, 0.3) is 0 Å². The summed E-state index contributed by atoms with van der Waals surface area (Å²) in [7, 11) is 0. The van der Waals surface area contributed by atoms with E-state index < -0.39 is 0 Å². The highest BCUT2D eigenvalue weighted by atomic mass is 32.2. The van der Waals surface area contributed by atoms with Crippen LogP contribution in [0.25, 0.3) is 0 Å². The molecular formula is C13H20N2O2S. The smallest absolute Gasteiger partial charge is 0.355 e. The molecule has 0 saturated heterocycles. The molecule has 2 N–H and O–H groups in total. The number of hydrogen-bond acceptors (Lipinski definition) is 4. The third kappa shape index (κ3) is 3.45. The lowest BCUT2D eigenvalue weighted by molar-refractivity contribution is 0.0493. The fourth-order valence-corrected chi connectivity index (χ4v) is 2.47. The van der Waals surface area contributed by atoms with Gasteiger partial charge in [-0.3, -0.25) is 0 Å². The van der Waals surface area contributed by atoms with Gasteiger partial charge in [0.15, 0.2) is 0 Å². The van der Waals surface area contributed by atoms with E-state index in [1.54, 1.807) is 6.07 Å². The van der Waals surface area contributed by atoms with Crippen LogP contribution < -0.4 is 5.73 Å². The summed E-state index contributed by atoms with van der Waals surface area (Å²) in [5, 5.41) is 0. The van der Waals surface area contributed by atoms with Gasteiger partial charge < -0.3 is 15.0 Å². The van der Waals surface area contributed by atoms with Crippen LogP contribution in [0.1, 0.15) is 42.7 Å². The Balaban J connectivity index is 1.84. The summed E-state index contributed by atoms with van der Waals surface area (Å²) < 4.78 is 7.23. The molecule has 5 heteroatoms. The standard InChI is InChI=1S/C13H20N2O2S/c1-2-18-7-3-6-17-13(16)12-8-10(14)9-15(12)11-4-5-11/h8-9,11H,2-7,14H2,1H3. The maximum atomic E-state index is 11.9. The molecule has 1 fully saturated rings. The normalized spacial score (nSPS) is 14.7. The van der Waals surface area contributed by atoms with E-state index in [4.69, 9.17) is 10.5 Å². The third-order valence-corrected chi connectivity index (χ3v) is 3.88. The van der Waals surface area contributed by atoms with Crippen molar-refractivity contribution < 1.29 is 9.53 Å². The zero-order valence-electron chi connectivity index (χ0n) is 10.7. The summed E-state index contributed by atoms with van der Waals surface area (Å²) in [6.07, 6.45) is 4.99. The van der Waals surface area contributed by atoms with Crippen molar-refractivity contribution in [2.75, 3.05) is 23.8 Å². The summed E-state index contributed by atoms with van der Waals surface area (Å²) in [5.74, 6) is 1.89. The lowest BCUT2D eigenvalue weighted by atomic mass is 10.4. The van der Waals surface area contributed by atoms with E-state index in [0.29, 0.717) is 24.0 Å². The van der Waals surface area contributed by atoms with Crippen molar-refractivity contribution in [2.24, 2.45) is 0 Å². The predicted octanol–water partition coefficient (Wildman–Crippen LogP) is 2.71. The molecular weight excluding hydrogens is 248 g/mol. The number of thioether (sulfide) groups is 1. The fourth-order valence-electron chi connectivity index (χ4n) is 1.86. The topological polar surface area (TPSA) is 57.2 Å². The molecule has 0 atom stereocenters.